The number of rotatable bonds is 4. The van der Waals surface area contributed by atoms with Gasteiger partial charge in [0.05, 0.1) is 34.6 Å². The van der Waals surface area contributed by atoms with Gasteiger partial charge in [-0.25, -0.2) is 0 Å². The second-order valence-electron chi connectivity index (χ2n) is 4.12. The Balaban J connectivity index is 2.30. The summed E-state index contributed by atoms with van der Waals surface area (Å²) in [5.74, 6) is 0.616. The number of halogens is 1. The van der Waals surface area contributed by atoms with Crippen molar-refractivity contribution < 1.29 is 4.74 Å². The summed E-state index contributed by atoms with van der Waals surface area (Å²) in [5.41, 5.74) is 8.40. The number of benzene rings is 2. The number of hydrogen-bond acceptors (Lipinski definition) is 4. The van der Waals surface area contributed by atoms with E-state index in [4.69, 9.17) is 27.3 Å². The normalized spacial score (nSPS) is 9.85. The van der Waals surface area contributed by atoms with Crippen LogP contribution >= 0.6 is 11.6 Å². The monoisotopic (exact) mass is 287 g/mol. The average Bonchev–Trinajstić information content (AvgIpc) is 2.45. The molecule has 2 aromatic carbocycles. The van der Waals surface area contributed by atoms with E-state index in [2.05, 4.69) is 11.4 Å². The SMILES string of the molecule is CCOc1cc(Nc2cc(C#N)ccc2Cl)ccc1N. The van der Waals surface area contributed by atoms with E-state index in [1.165, 1.54) is 0 Å². The minimum absolute atomic E-state index is 0.539. The topological polar surface area (TPSA) is 71.1 Å². The third-order valence-corrected chi connectivity index (χ3v) is 3.02. The second kappa shape index (κ2) is 6.18. The summed E-state index contributed by atoms with van der Waals surface area (Å²) in [4.78, 5) is 0. The second-order valence-corrected chi connectivity index (χ2v) is 4.52. The van der Waals surface area contributed by atoms with Crippen molar-refractivity contribution in [2.45, 2.75) is 6.92 Å². The summed E-state index contributed by atoms with van der Waals surface area (Å²) in [6.45, 7) is 2.44. The number of ether oxygens (including phenoxy) is 1. The van der Waals surface area contributed by atoms with Crippen LogP contribution in [0, 0.1) is 11.3 Å². The zero-order valence-corrected chi connectivity index (χ0v) is 11.7. The van der Waals surface area contributed by atoms with Crippen molar-refractivity contribution in [3.8, 4) is 11.8 Å². The molecule has 3 N–H and O–H groups in total. The molecule has 0 unspecified atom stereocenters. The summed E-state index contributed by atoms with van der Waals surface area (Å²) in [7, 11) is 0. The number of nitrogens with zero attached hydrogens (tertiary/aromatic N) is 1. The molecule has 2 rings (SSSR count). The van der Waals surface area contributed by atoms with Gasteiger partial charge in [-0.1, -0.05) is 11.6 Å². The van der Waals surface area contributed by atoms with Crippen LogP contribution < -0.4 is 15.8 Å². The molecule has 0 bridgehead atoms. The maximum atomic E-state index is 8.91. The number of anilines is 3. The summed E-state index contributed by atoms with van der Waals surface area (Å²) >= 11 is 6.11. The van der Waals surface area contributed by atoms with Gasteiger partial charge in [0.25, 0.3) is 0 Å². The van der Waals surface area contributed by atoms with Crippen molar-refractivity contribution in [3.05, 3.63) is 47.0 Å². The van der Waals surface area contributed by atoms with Crippen LogP contribution in [0.1, 0.15) is 12.5 Å². The fourth-order valence-corrected chi connectivity index (χ4v) is 1.90. The van der Waals surface area contributed by atoms with Gasteiger partial charge >= 0.3 is 0 Å². The Morgan fingerprint density at radius 2 is 2.10 bits per heavy atom. The molecule has 0 aliphatic heterocycles. The molecule has 20 heavy (non-hydrogen) atoms. The van der Waals surface area contributed by atoms with E-state index in [0.717, 1.165) is 5.69 Å². The highest BCUT2D eigenvalue weighted by atomic mass is 35.5. The van der Waals surface area contributed by atoms with E-state index in [9.17, 15) is 0 Å². The van der Waals surface area contributed by atoms with E-state index in [1.807, 2.05) is 13.0 Å². The standard InChI is InChI=1S/C15H14ClN3O/c1-2-20-15-8-11(4-6-13(15)18)19-14-7-10(9-17)3-5-12(14)16/h3-8,19H,2,18H2,1H3. The van der Waals surface area contributed by atoms with Gasteiger partial charge in [0.15, 0.2) is 0 Å². The molecule has 102 valence electrons. The Morgan fingerprint density at radius 1 is 1.30 bits per heavy atom. The van der Waals surface area contributed by atoms with E-state index < -0.39 is 0 Å². The van der Waals surface area contributed by atoms with Crippen LogP contribution in [-0.4, -0.2) is 6.61 Å². The smallest absolute Gasteiger partial charge is 0.144 e. The molecule has 0 atom stereocenters. The van der Waals surface area contributed by atoms with Crippen molar-refractivity contribution >= 4 is 28.7 Å². The Morgan fingerprint density at radius 3 is 2.80 bits per heavy atom. The molecular formula is C15H14ClN3O. The molecule has 0 spiro atoms. The summed E-state index contributed by atoms with van der Waals surface area (Å²) in [5, 5.41) is 12.6. The highest BCUT2D eigenvalue weighted by Crippen LogP contribution is 2.30. The number of hydrogen-bond donors (Lipinski definition) is 2. The minimum atomic E-state index is 0.539. The largest absolute Gasteiger partial charge is 0.492 e. The quantitative estimate of drug-likeness (QED) is 0.836. The van der Waals surface area contributed by atoms with Gasteiger partial charge in [-0.2, -0.15) is 5.26 Å². The van der Waals surface area contributed by atoms with Crippen LogP contribution in [-0.2, 0) is 0 Å². The van der Waals surface area contributed by atoms with Gasteiger partial charge < -0.3 is 15.8 Å². The highest BCUT2D eigenvalue weighted by Gasteiger charge is 2.05. The van der Waals surface area contributed by atoms with Gasteiger partial charge in [0.1, 0.15) is 5.75 Å². The molecule has 0 saturated carbocycles. The van der Waals surface area contributed by atoms with Crippen LogP contribution in [0.25, 0.3) is 0 Å². The fourth-order valence-electron chi connectivity index (χ4n) is 1.74. The Labute approximate surface area is 122 Å². The zero-order chi connectivity index (χ0) is 14.5. The maximum absolute atomic E-state index is 8.91. The van der Waals surface area contributed by atoms with Crippen LogP contribution in [0.15, 0.2) is 36.4 Å². The molecular weight excluding hydrogens is 274 g/mol. The molecule has 0 fully saturated rings. The van der Waals surface area contributed by atoms with Crippen LogP contribution in [0.5, 0.6) is 5.75 Å². The Hall–Kier alpha value is -2.38. The average molecular weight is 288 g/mol. The molecule has 4 nitrogen and oxygen atoms in total. The van der Waals surface area contributed by atoms with Crippen LogP contribution in [0.3, 0.4) is 0 Å². The fraction of sp³-hybridized carbons (Fsp3) is 0.133. The van der Waals surface area contributed by atoms with Crippen LogP contribution in [0.2, 0.25) is 5.02 Å². The lowest BCUT2D eigenvalue weighted by atomic mass is 10.2. The van der Waals surface area contributed by atoms with E-state index >= 15 is 0 Å². The van der Waals surface area contributed by atoms with Crippen molar-refractivity contribution in [3.63, 3.8) is 0 Å². The first kappa shape index (κ1) is 14.0. The predicted molar refractivity (Wildman–Crippen MR) is 81.5 cm³/mol. The first-order chi connectivity index (χ1) is 9.63. The van der Waals surface area contributed by atoms with Crippen molar-refractivity contribution in [2.75, 3.05) is 17.7 Å². The summed E-state index contributed by atoms with van der Waals surface area (Å²) < 4.78 is 5.44. The summed E-state index contributed by atoms with van der Waals surface area (Å²) in [6.07, 6.45) is 0. The lowest BCUT2D eigenvalue weighted by Gasteiger charge is -2.12. The number of nitrogens with two attached hydrogens (primary N) is 1. The summed E-state index contributed by atoms with van der Waals surface area (Å²) in [6, 6.07) is 12.5. The molecule has 0 saturated heterocycles. The van der Waals surface area contributed by atoms with E-state index in [1.54, 1.807) is 30.3 Å². The van der Waals surface area contributed by atoms with Crippen molar-refractivity contribution in [1.29, 1.82) is 5.26 Å². The van der Waals surface area contributed by atoms with Gasteiger partial charge in [-0.3, -0.25) is 0 Å². The molecule has 0 heterocycles. The third kappa shape index (κ3) is 3.14. The Bertz CT molecular complexity index is 665. The molecule has 0 aromatic heterocycles. The first-order valence-electron chi connectivity index (χ1n) is 6.13. The van der Waals surface area contributed by atoms with Gasteiger partial charge in [-0.05, 0) is 37.3 Å². The number of nitrogens with one attached hydrogen (secondary N) is 1. The van der Waals surface area contributed by atoms with Crippen molar-refractivity contribution in [2.24, 2.45) is 0 Å². The minimum Gasteiger partial charge on any atom is -0.492 e. The van der Waals surface area contributed by atoms with Gasteiger partial charge in [-0.15, -0.1) is 0 Å². The third-order valence-electron chi connectivity index (χ3n) is 2.69. The molecule has 0 radical (unpaired) electrons. The Kier molecular flexibility index (Phi) is 4.34. The molecule has 2 aromatic rings. The van der Waals surface area contributed by atoms with E-state index in [-0.39, 0.29) is 0 Å². The zero-order valence-electron chi connectivity index (χ0n) is 11.0. The molecule has 0 amide bonds. The lowest BCUT2D eigenvalue weighted by molar-refractivity contribution is 0.342. The maximum Gasteiger partial charge on any atom is 0.144 e. The highest BCUT2D eigenvalue weighted by molar-refractivity contribution is 6.33. The van der Waals surface area contributed by atoms with Gasteiger partial charge in [0, 0.05) is 11.8 Å². The lowest BCUT2D eigenvalue weighted by Crippen LogP contribution is -1.99. The van der Waals surface area contributed by atoms with Gasteiger partial charge in [0.2, 0.25) is 0 Å². The molecule has 0 aliphatic carbocycles. The van der Waals surface area contributed by atoms with Crippen molar-refractivity contribution in [1.82, 2.24) is 0 Å². The predicted octanol–water partition coefficient (Wildman–Crippen LogP) is 3.94. The first-order valence-corrected chi connectivity index (χ1v) is 6.51. The number of nitrogen functional groups attached to an aromatic ring is 1. The molecule has 5 heteroatoms. The van der Waals surface area contributed by atoms with Crippen LogP contribution in [0.4, 0.5) is 17.1 Å². The number of nitriles is 1. The van der Waals surface area contributed by atoms with E-state index in [0.29, 0.717) is 34.3 Å². The molecule has 0 aliphatic rings.